The summed E-state index contributed by atoms with van der Waals surface area (Å²) in [5.41, 5.74) is 2.13. The van der Waals surface area contributed by atoms with Crippen molar-refractivity contribution in [2.75, 3.05) is 25.5 Å². The van der Waals surface area contributed by atoms with E-state index in [-0.39, 0.29) is 5.91 Å². The van der Waals surface area contributed by atoms with Crippen molar-refractivity contribution in [3.05, 3.63) is 23.8 Å². The van der Waals surface area contributed by atoms with Crippen LogP contribution in [-0.4, -0.2) is 37.0 Å². The number of fused-ring (bicyclic) bond motifs is 2. The first-order chi connectivity index (χ1) is 12.6. The molecule has 1 aromatic rings. The summed E-state index contributed by atoms with van der Waals surface area (Å²) >= 11 is 0. The summed E-state index contributed by atoms with van der Waals surface area (Å²) in [5, 5.41) is 2.91. The number of hydrogen-bond acceptors (Lipinski definition) is 3. The molecule has 0 radical (unpaired) electrons. The number of carbonyl (C=O) groups is 1. The fourth-order valence-electron chi connectivity index (χ4n) is 5.72. The lowest BCUT2D eigenvalue weighted by atomic mass is 9.81. The van der Waals surface area contributed by atoms with Crippen LogP contribution in [0.1, 0.15) is 63.4 Å². The predicted molar refractivity (Wildman–Crippen MR) is 105 cm³/mol. The maximum Gasteiger partial charge on any atom is 0.221 e. The molecule has 1 amide bonds. The number of nitrogens with one attached hydrogen (secondary N) is 1. The van der Waals surface area contributed by atoms with Crippen molar-refractivity contribution in [1.29, 1.82) is 0 Å². The second kappa shape index (κ2) is 7.59. The third-order valence-electron chi connectivity index (χ3n) is 6.99. The third-order valence-corrected chi connectivity index (χ3v) is 6.99. The average Bonchev–Trinajstić information content (AvgIpc) is 3.02. The average molecular weight is 357 g/mol. The van der Waals surface area contributed by atoms with Crippen LogP contribution in [0, 0.1) is 11.8 Å². The van der Waals surface area contributed by atoms with Crippen molar-refractivity contribution >= 4 is 11.6 Å². The van der Waals surface area contributed by atoms with Gasteiger partial charge in [-0.1, -0.05) is 6.42 Å². The Hall–Kier alpha value is -1.55. The molecular weight excluding hydrogens is 324 g/mol. The second-order valence-corrected chi connectivity index (χ2v) is 8.53. The van der Waals surface area contributed by atoms with E-state index in [2.05, 4.69) is 16.3 Å². The van der Waals surface area contributed by atoms with Crippen molar-refractivity contribution in [1.82, 2.24) is 4.90 Å². The highest BCUT2D eigenvalue weighted by Gasteiger charge is 2.39. The van der Waals surface area contributed by atoms with Crippen LogP contribution in [0.2, 0.25) is 0 Å². The molecule has 1 unspecified atom stereocenters. The number of rotatable bonds is 4. The lowest BCUT2D eigenvalue weighted by Gasteiger charge is -2.42. The van der Waals surface area contributed by atoms with E-state index in [0.717, 1.165) is 29.3 Å². The fourth-order valence-corrected chi connectivity index (χ4v) is 5.72. The largest absolute Gasteiger partial charge is 0.496 e. The van der Waals surface area contributed by atoms with Crippen LogP contribution in [0.15, 0.2) is 18.2 Å². The minimum absolute atomic E-state index is 0.0249. The zero-order chi connectivity index (χ0) is 18.1. The number of benzene rings is 1. The monoisotopic (exact) mass is 356 g/mol. The normalized spacial score (nSPS) is 29.5. The number of methoxy groups -OCH3 is 1. The van der Waals surface area contributed by atoms with E-state index in [1.807, 2.05) is 12.1 Å². The Morgan fingerprint density at radius 2 is 1.88 bits per heavy atom. The van der Waals surface area contributed by atoms with Gasteiger partial charge in [0.15, 0.2) is 0 Å². The Morgan fingerprint density at radius 3 is 2.62 bits per heavy atom. The highest BCUT2D eigenvalue weighted by atomic mass is 16.5. The van der Waals surface area contributed by atoms with Gasteiger partial charge in [-0.25, -0.2) is 0 Å². The smallest absolute Gasteiger partial charge is 0.221 e. The Balaban J connectivity index is 1.43. The number of piperidine rings is 1. The zero-order valence-corrected chi connectivity index (χ0v) is 16.2. The summed E-state index contributed by atoms with van der Waals surface area (Å²) in [6.07, 6.45) is 9.66. The molecular formula is C22H32N2O2. The Kier molecular flexibility index (Phi) is 5.21. The van der Waals surface area contributed by atoms with Crippen molar-refractivity contribution in [3.8, 4) is 5.75 Å². The first-order valence-electron chi connectivity index (χ1n) is 10.3. The molecule has 2 aliphatic carbocycles. The van der Waals surface area contributed by atoms with Crippen LogP contribution in [-0.2, 0) is 4.79 Å². The molecule has 3 aliphatic rings. The van der Waals surface area contributed by atoms with Gasteiger partial charge in [-0.05, 0) is 93.1 Å². The molecule has 4 heteroatoms. The minimum atomic E-state index is -0.0249. The van der Waals surface area contributed by atoms with Gasteiger partial charge in [0.25, 0.3) is 0 Å². The summed E-state index contributed by atoms with van der Waals surface area (Å²) in [5.74, 6) is 3.45. The van der Waals surface area contributed by atoms with Crippen LogP contribution in [0.5, 0.6) is 5.75 Å². The molecule has 1 aromatic carbocycles. The van der Waals surface area contributed by atoms with Crippen LogP contribution >= 0.6 is 0 Å². The fraction of sp³-hybridized carbons (Fsp3) is 0.682. The van der Waals surface area contributed by atoms with Gasteiger partial charge in [-0.2, -0.15) is 0 Å². The molecule has 3 fully saturated rings. The predicted octanol–water partition coefficient (Wildman–Crippen LogP) is 4.41. The Bertz CT molecular complexity index is 652. The van der Waals surface area contributed by atoms with Crippen LogP contribution in [0.25, 0.3) is 0 Å². The van der Waals surface area contributed by atoms with E-state index in [9.17, 15) is 4.79 Å². The lowest BCUT2D eigenvalue weighted by Crippen LogP contribution is -2.45. The molecule has 1 aliphatic heterocycles. The number of nitrogens with zero attached hydrogens (tertiary/aromatic N) is 1. The summed E-state index contributed by atoms with van der Waals surface area (Å²) in [7, 11) is 1.74. The standard InChI is InChI=1S/C22H32N2O2/c1-15(25)23-19-6-8-22(26-2)20(14-19)17-9-11-24(12-10-17)21-7-4-16-3-5-18(21)13-16/h6,8,14,16-18,21H,3-5,7,9-13H2,1-2H3,(H,23,25)/t16-,18+,21?/m1/s1. The van der Waals surface area contributed by atoms with E-state index in [1.165, 1.54) is 63.6 Å². The van der Waals surface area contributed by atoms with Crippen molar-refractivity contribution in [3.63, 3.8) is 0 Å². The zero-order valence-electron chi connectivity index (χ0n) is 16.2. The molecule has 1 saturated heterocycles. The third kappa shape index (κ3) is 3.62. The number of ether oxygens (including phenoxy) is 1. The van der Waals surface area contributed by atoms with Gasteiger partial charge in [0.05, 0.1) is 7.11 Å². The van der Waals surface area contributed by atoms with Gasteiger partial charge >= 0.3 is 0 Å². The minimum Gasteiger partial charge on any atom is -0.496 e. The van der Waals surface area contributed by atoms with E-state index in [1.54, 1.807) is 14.0 Å². The highest BCUT2D eigenvalue weighted by Crippen LogP contribution is 2.45. The van der Waals surface area contributed by atoms with Gasteiger partial charge in [0, 0.05) is 18.7 Å². The first-order valence-corrected chi connectivity index (χ1v) is 10.3. The van der Waals surface area contributed by atoms with Gasteiger partial charge in [-0.3, -0.25) is 4.79 Å². The van der Waals surface area contributed by atoms with E-state index >= 15 is 0 Å². The molecule has 4 nitrogen and oxygen atoms in total. The van der Waals surface area contributed by atoms with Crippen molar-refractivity contribution < 1.29 is 9.53 Å². The van der Waals surface area contributed by atoms with E-state index in [0.29, 0.717) is 5.92 Å². The molecule has 0 spiro atoms. The molecule has 2 bridgehead atoms. The number of anilines is 1. The van der Waals surface area contributed by atoms with Crippen molar-refractivity contribution in [2.45, 2.75) is 63.8 Å². The highest BCUT2D eigenvalue weighted by molar-refractivity contribution is 5.88. The Morgan fingerprint density at radius 1 is 1.12 bits per heavy atom. The number of carbonyl (C=O) groups excluding carboxylic acids is 1. The van der Waals surface area contributed by atoms with Gasteiger partial charge < -0.3 is 15.0 Å². The van der Waals surface area contributed by atoms with Gasteiger partial charge in [-0.15, -0.1) is 0 Å². The lowest BCUT2D eigenvalue weighted by molar-refractivity contribution is -0.114. The molecule has 1 N–H and O–H groups in total. The number of amides is 1. The Labute approximate surface area is 157 Å². The van der Waals surface area contributed by atoms with Gasteiger partial charge in [0.2, 0.25) is 5.91 Å². The summed E-state index contributed by atoms with van der Waals surface area (Å²) < 4.78 is 5.62. The molecule has 142 valence electrons. The van der Waals surface area contributed by atoms with Crippen LogP contribution in [0.4, 0.5) is 5.69 Å². The number of likely N-dealkylation sites (tertiary alicyclic amines) is 1. The number of hydrogen-bond donors (Lipinski definition) is 1. The maximum atomic E-state index is 11.4. The van der Waals surface area contributed by atoms with Crippen LogP contribution in [0.3, 0.4) is 0 Å². The molecule has 0 aromatic heterocycles. The molecule has 26 heavy (non-hydrogen) atoms. The SMILES string of the molecule is COc1ccc(NC(C)=O)cc1C1CCN(C2CC[C@H]3CC[C@H]2C3)CC1. The molecule has 1 heterocycles. The maximum absolute atomic E-state index is 11.4. The summed E-state index contributed by atoms with van der Waals surface area (Å²) in [4.78, 5) is 14.2. The first kappa shape index (κ1) is 17.8. The van der Waals surface area contributed by atoms with Crippen molar-refractivity contribution in [2.24, 2.45) is 11.8 Å². The summed E-state index contributed by atoms with van der Waals surface area (Å²) in [6, 6.07) is 6.87. The van der Waals surface area contributed by atoms with E-state index < -0.39 is 0 Å². The molecule has 3 atom stereocenters. The summed E-state index contributed by atoms with van der Waals surface area (Å²) in [6.45, 7) is 3.95. The van der Waals surface area contributed by atoms with E-state index in [4.69, 9.17) is 4.74 Å². The quantitative estimate of drug-likeness (QED) is 0.869. The second-order valence-electron chi connectivity index (χ2n) is 8.53. The van der Waals surface area contributed by atoms with Crippen LogP contribution < -0.4 is 10.1 Å². The van der Waals surface area contributed by atoms with Gasteiger partial charge in [0.1, 0.15) is 5.75 Å². The topological polar surface area (TPSA) is 41.6 Å². The molecule has 4 rings (SSSR count). The molecule has 2 saturated carbocycles.